The lowest BCUT2D eigenvalue weighted by molar-refractivity contribution is -0.122. The highest BCUT2D eigenvalue weighted by Gasteiger charge is 2.22. The molecule has 0 spiro atoms. The molecule has 1 saturated heterocycles. The number of nitrogens with two attached hydrogens (primary N) is 1. The smallest absolute Gasteiger partial charge is 0.234 e. The zero-order valence-electron chi connectivity index (χ0n) is 8.61. The van der Waals surface area contributed by atoms with Gasteiger partial charge in [0, 0.05) is 26.2 Å². The van der Waals surface area contributed by atoms with Crippen molar-refractivity contribution in [1.82, 2.24) is 10.2 Å². The van der Waals surface area contributed by atoms with E-state index < -0.39 is 9.84 Å². The maximum Gasteiger partial charge on any atom is 0.234 e. The normalized spacial score (nSPS) is 21.1. The van der Waals surface area contributed by atoms with Gasteiger partial charge in [-0.2, -0.15) is 0 Å². The Labute approximate surface area is 89.7 Å². The first kappa shape index (κ1) is 12.4. The van der Waals surface area contributed by atoms with Gasteiger partial charge in [0.2, 0.25) is 5.91 Å². The average molecular weight is 235 g/mol. The number of nitrogens with zero attached hydrogens (tertiary/aromatic N) is 1. The summed E-state index contributed by atoms with van der Waals surface area (Å²) in [5, 5.41) is 2.65. The lowest BCUT2D eigenvalue weighted by Crippen LogP contribution is -2.46. The van der Waals surface area contributed by atoms with E-state index in [0.29, 0.717) is 26.2 Å². The fraction of sp³-hybridized carbons (Fsp3) is 0.875. The van der Waals surface area contributed by atoms with Crippen molar-refractivity contribution >= 4 is 15.7 Å². The van der Waals surface area contributed by atoms with E-state index in [-0.39, 0.29) is 24.0 Å². The van der Waals surface area contributed by atoms with Gasteiger partial charge in [0.15, 0.2) is 9.84 Å². The van der Waals surface area contributed by atoms with Crippen LogP contribution in [0.5, 0.6) is 0 Å². The fourth-order valence-electron chi connectivity index (χ4n) is 1.38. The Morgan fingerprint density at radius 1 is 1.33 bits per heavy atom. The molecule has 6 nitrogen and oxygen atoms in total. The van der Waals surface area contributed by atoms with E-state index >= 15 is 0 Å². The molecule has 0 aromatic heterocycles. The van der Waals surface area contributed by atoms with Crippen LogP contribution in [0.2, 0.25) is 0 Å². The molecule has 0 bridgehead atoms. The first-order valence-electron chi connectivity index (χ1n) is 4.93. The minimum Gasteiger partial charge on any atom is -0.354 e. The molecule has 0 aromatic carbocycles. The van der Waals surface area contributed by atoms with E-state index in [2.05, 4.69) is 5.32 Å². The zero-order valence-corrected chi connectivity index (χ0v) is 9.42. The van der Waals surface area contributed by atoms with Crippen LogP contribution in [0.25, 0.3) is 0 Å². The molecule has 0 unspecified atom stereocenters. The summed E-state index contributed by atoms with van der Waals surface area (Å²) in [6, 6.07) is 0. The third kappa shape index (κ3) is 4.59. The van der Waals surface area contributed by atoms with Crippen LogP contribution >= 0.6 is 0 Å². The number of hydrogen-bond donors (Lipinski definition) is 2. The van der Waals surface area contributed by atoms with Gasteiger partial charge in [0.25, 0.3) is 0 Å². The second-order valence-corrected chi connectivity index (χ2v) is 5.87. The number of carbonyl (C=O) groups excluding carboxylic acids is 1. The first-order valence-corrected chi connectivity index (χ1v) is 6.75. The minimum atomic E-state index is -2.86. The molecule has 0 aliphatic carbocycles. The second kappa shape index (κ2) is 5.43. The molecule has 1 aliphatic heterocycles. The number of carbonyl (C=O) groups is 1. The first-order chi connectivity index (χ1) is 7.03. The van der Waals surface area contributed by atoms with Crippen LogP contribution in [0.3, 0.4) is 0 Å². The molecule has 0 saturated carbocycles. The SMILES string of the molecule is NCCNC(=O)CN1CCS(=O)(=O)CC1. The van der Waals surface area contributed by atoms with Gasteiger partial charge in [-0.15, -0.1) is 0 Å². The quantitative estimate of drug-likeness (QED) is 0.576. The molecule has 1 heterocycles. The second-order valence-electron chi connectivity index (χ2n) is 3.57. The highest BCUT2D eigenvalue weighted by Crippen LogP contribution is 2.02. The standard InChI is InChI=1S/C8H17N3O3S/c9-1-2-10-8(12)7-11-3-5-15(13,14)6-4-11/h1-7,9H2,(H,10,12). The molecule has 3 N–H and O–H groups in total. The molecule has 1 amide bonds. The molecule has 0 atom stereocenters. The van der Waals surface area contributed by atoms with E-state index in [1.165, 1.54) is 0 Å². The van der Waals surface area contributed by atoms with Crippen molar-refractivity contribution in [2.75, 3.05) is 44.2 Å². The predicted octanol–water partition coefficient (Wildman–Crippen LogP) is -2.21. The van der Waals surface area contributed by atoms with Crippen molar-refractivity contribution in [2.24, 2.45) is 5.73 Å². The summed E-state index contributed by atoms with van der Waals surface area (Å²) < 4.78 is 22.2. The molecular weight excluding hydrogens is 218 g/mol. The average Bonchev–Trinajstić information content (AvgIpc) is 2.18. The van der Waals surface area contributed by atoms with E-state index in [1.807, 2.05) is 4.90 Å². The molecule has 7 heteroatoms. The number of hydrogen-bond acceptors (Lipinski definition) is 5. The van der Waals surface area contributed by atoms with E-state index in [9.17, 15) is 13.2 Å². The van der Waals surface area contributed by atoms with Crippen molar-refractivity contribution in [3.8, 4) is 0 Å². The van der Waals surface area contributed by atoms with Crippen LogP contribution < -0.4 is 11.1 Å². The van der Waals surface area contributed by atoms with Gasteiger partial charge in [-0.25, -0.2) is 8.42 Å². The molecule has 15 heavy (non-hydrogen) atoms. The van der Waals surface area contributed by atoms with Crippen molar-refractivity contribution in [2.45, 2.75) is 0 Å². The van der Waals surface area contributed by atoms with Gasteiger partial charge in [0.1, 0.15) is 0 Å². The highest BCUT2D eigenvalue weighted by atomic mass is 32.2. The summed E-state index contributed by atoms with van der Waals surface area (Å²) in [5.74, 6) is 0.202. The van der Waals surface area contributed by atoms with Gasteiger partial charge in [-0.05, 0) is 0 Å². The van der Waals surface area contributed by atoms with Crippen LogP contribution in [-0.4, -0.2) is 63.5 Å². The van der Waals surface area contributed by atoms with Crippen molar-refractivity contribution in [1.29, 1.82) is 0 Å². The lowest BCUT2D eigenvalue weighted by Gasteiger charge is -2.25. The van der Waals surface area contributed by atoms with Crippen molar-refractivity contribution in [3.63, 3.8) is 0 Å². The summed E-state index contributed by atoms with van der Waals surface area (Å²) >= 11 is 0. The van der Waals surface area contributed by atoms with Gasteiger partial charge in [0.05, 0.1) is 18.1 Å². The number of nitrogens with one attached hydrogen (secondary N) is 1. The molecule has 0 aromatic rings. The van der Waals surface area contributed by atoms with E-state index in [4.69, 9.17) is 5.73 Å². The Kier molecular flexibility index (Phi) is 4.49. The Morgan fingerprint density at radius 3 is 2.47 bits per heavy atom. The van der Waals surface area contributed by atoms with Gasteiger partial charge >= 0.3 is 0 Å². The molecule has 1 fully saturated rings. The number of rotatable bonds is 4. The van der Waals surface area contributed by atoms with E-state index in [0.717, 1.165) is 0 Å². The number of amides is 1. The predicted molar refractivity (Wildman–Crippen MR) is 57.2 cm³/mol. The van der Waals surface area contributed by atoms with Gasteiger partial charge in [-0.3, -0.25) is 9.69 Å². The molecular formula is C8H17N3O3S. The summed E-state index contributed by atoms with van der Waals surface area (Å²) in [7, 11) is -2.86. The van der Waals surface area contributed by atoms with Crippen LogP contribution in [0.4, 0.5) is 0 Å². The van der Waals surface area contributed by atoms with Crippen LogP contribution in [-0.2, 0) is 14.6 Å². The lowest BCUT2D eigenvalue weighted by atomic mass is 10.4. The van der Waals surface area contributed by atoms with E-state index in [1.54, 1.807) is 0 Å². The Hall–Kier alpha value is -0.660. The van der Waals surface area contributed by atoms with Crippen LogP contribution in [0.1, 0.15) is 0 Å². The number of sulfone groups is 1. The van der Waals surface area contributed by atoms with Crippen LogP contribution in [0.15, 0.2) is 0 Å². The summed E-state index contributed by atoms with van der Waals surface area (Å²) in [6.45, 7) is 2.03. The summed E-state index contributed by atoms with van der Waals surface area (Å²) in [4.78, 5) is 13.1. The van der Waals surface area contributed by atoms with Crippen LogP contribution in [0, 0.1) is 0 Å². The zero-order chi connectivity index (χ0) is 11.3. The monoisotopic (exact) mass is 235 g/mol. The third-order valence-electron chi connectivity index (χ3n) is 2.27. The third-order valence-corrected chi connectivity index (χ3v) is 3.88. The Bertz CT molecular complexity index is 301. The maximum absolute atomic E-state index is 11.3. The fourth-order valence-corrected chi connectivity index (χ4v) is 2.66. The molecule has 1 aliphatic rings. The van der Waals surface area contributed by atoms with Crippen molar-refractivity contribution < 1.29 is 13.2 Å². The topological polar surface area (TPSA) is 92.5 Å². The summed E-state index contributed by atoms with van der Waals surface area (Å²) in [5.41, 5.74) is 5.24. The highest BCUT2D eigenvalue weighted by molar-refractivity contribution is 7.91. The Balaban J connectivity index is 2.26. The largest absolute Gasteiger partial charge is 0.354 e. The minimum absolute atomic E-state index is 0.0975. The molecule has 0 radical (unpaired) electrons. The van der Waals surface area contributed by atoms with Gasteiger partial charge < -0.3 is 11.1 Å². The maximum atomic E-state index is 11.3. The van der Waals surface area contributed by atoms with Crippen molar-refractivity contribution in [3.05, 3.63) is 0 Å². The Morgan fingerprint density at radius 2 is 1.93 bits per heavy atom. The van der Waals surface area contributed by atoms with Gasteiger partial charge in [-0.1, -0.05) is 0 Å². The molecule has 88 valence electrons. The summed E-state index contributed by atoms with van der Waals surface area (Å²) in [6.07, 6.45) is 0. The molecule has 1 rings (SSSR count).